The predicted molar refractivity (Wildman–Crippen MR) is 179 cm³/mol. The van der Waals surface area contributed by atoms with Crippen molar-refractivity contribution in [2.24, 2.45) is 0 Å². The molecule has 0 saturated heterocycles. The van der Waals surface area contributed by atoms with Crippen molar-refractivity contribution in [1.29, 1.82) is 0 Å². The Kier molecular flexibility index (Phi) is 13.2. The van der Waals surface area contributed by atoms with Crippen molar-refractivity contribution in [2.45, 2.75) is 110 Å². The van der Waals surface area contributed by atoms with Gasteiger partial charge in [0, 0.05) is 34.3 Å². The molecule has 0 radical (unpaired) electrons. The van der Waals surface area contributed by atoms with Crippen LogP contribution in [0.15, 0.2) is 24.3 Å². The molecule has 2 atom stereocenters. The third kappa shape index (κ3) is 9.58. The number of carbonyl (C=O) groups is 1. The number of esters is 1. The van der Waals surface area contributed by atoms with Gasteiger partial charge >= 0.3 is 21.6 Å². The molecule has 0 unspecified atom stereocenters. The van der Waals surface area contributed by atoms with Gasteiger partial charge in [0.1, 0.15) is 19.0 Å². The van der Waals surface area contributed by atoms with Gasteiger partial charge in [-0.15, -0.1) is 0 Å². The summed E-state index contributed by atoms with van der Waals surface area (Å²) in [6.07, 6.45) is 2.53. The van der Waals surface area contributed by atoms with Gasteiger partial charge in [-0.25, -0.2) is 13.6 Å². The van der Waals surface area contributed by atoms with Crippen LogP contribution in [0.25, 0.3) is 0 Å². The summed E-state index contributed by atoms with van der Waals surface area (Å²) in [7, 11) is -4.53. The molecule has 2 aromatic carbocycles. The number of ether oxygens (including phenoxy) is 3. The summed E-state index contributed by atoms with van der Waals surface area (Å²) in [5.74, 6) is -2.31. The van der Waals surface area contributed by atoms with Crippen molar-refractivity contribution in [3.8, 4) is 17.2 Å². The van der Waals surface area contributed by atoms with Crippen molar-refractivity contribution in [2.75, 3.05) is 33.4 Å². The topological polar surface area (TPSA) is 94.6 Å². The average molecular weight is 737 g/mol. The quantitative estimate of drug-likeness (QED) is 0.114. The fourth-order valence-electron chi connectivity index (χ4n) is 6.39. The van der Waals surface area contributed by atoms with E-state index < -0.39 is 39.0 Å². The zero-order valence-corrected chi connectivity index (χ0v) is 31.0. The Bertz CT molecular complexity index is 1600. The van der Waals surface area contributed by atoms with Gasteiger partial charge in [-0.2, -0.15) is 21.6 Å². The van der Waals surface area contributed by atoms with Crippen LogP contribution in [0, 0.1) is 11.6 Å². The normalized spacial score (nSPS) is 17.9. The van der Waals surface area contributed by atoms with Crippen molar-refractivity contribution < 1.29 is 53.6 Å². The van der Waals surface area contributed by atoms with E-state index in [1.54, 1.807) is 0 Å². The van der Waals surface area contributed by atoms with Crippen LogP contribution in [0.1, 0.15) is 89.7 Å². The molecule has 0 aromatic heterocycles. The van der Waals surface area contributed by atoms with E-state index in [1.165, 1.54) is 19.2 Å². The molecule has 15 heteroatoms. The van der Waals surface area contributed by atoms with Crippen LogP contribution in [0.4, 0.5) is 22.0 Å². The third-order valence-corrected chi connectivity index (χ3v) is 9.49. The molecule has 0 bridgehead atoms. The van der Waals surface area contributed by atoms with E-state index in [2.05, 4.69) is 41.7 Å². The first-order chi connectivity index (χ1) is 23.1. The molecule has 0 saturated carbocycles. The minimum atomic E-state index is -5.87. The van der Waals surface area contributed by atoms with E-state index in [-0.39, 0.29) is 53.3 Å². The standard InChI is InChI=1S/C18H26FNO3.C17H23F4NO4S/c1-6-9-20(18(2,3)4)12-10-14-13(17(21)22-5)7-8-15(19)16(14)23-11-12;1-5-8-22(16(2,3)4)11-9-12-14(26-27(23,24)17(19,20)21)7-6-13(18)15(12)25-10-11/h7-8,12H,6,9-11H2,1-5H3;6-7,11H,5,8-10H2,1-4H3/t12-;11-/m11/s1. The monoisotopic (exact) mass is 736 g/mol. The Balaban J connectivity index is 0.000000274. The first-order valence-corrected chi connectivity index (χ1v) is 18.0. The lowest BCUT2D eigenvalue weighted by Crippen LogP contribution is -2.53. The van der Waals surface area contributed by atoms with Crippen LogP contribution in [-0.4, -0.2) is 86.3 Å². The second-order valence-electron chi connectivity index (χ2n) is 14.3. The number of rotatable bonds is 9. The Morgan fingerprint density at radius 1 is 0.800 bits per heavy atom. The molecule has 2 aliphatic heterocycles. The van der Waals surface area contributed by atoms with Gasteiger partial charge in [0.2, 0.25) is 0 Å². The van der Waals surface area contributed by atoms with Crippen molar-refractivity contribution in [3.63, 3.8) is 0 Å². The van der Waals surface area contributed by atoms with Crippen LogP contribution in [0.2, 0.25) is 0 Å². The number of carbonyl (C=O) groups excluding carboxylic acids is 1. The number of benzene rings is 2. The van der Waals surface area contributed by atoms with E-state index in [0.29, 0.717) is 30.7 Å². The minimum Gasteiger partial charge on any atom is -0.489 e. The Hall–Kier alpha value is -3.17. The van der Waals surface area contributed by atoms with Crippen LogP contribution in [0.5, 0.6) is 17.2 Å². The largest absolute Gasteiger partial charge is 0.534 e. The summed E-state index contributed by atoms with van der Waals surface area (Å²) in [6, 6.07) is 4.28. The lowest BCUT2D eigenvalue weighted by Gasteiger charge is -2.43. The predicted octanol–water partition coefficient (Wildman–Crippen LogP) is 7.29. The molecule has 0 amide bonds. The highest BCUT2D eigenvalue weighted by molar-refractivity contribution is 7.88. The maximum absolute atomic E-state index is 14.1. The molecule has 0 N–H and O–H groups in total. The molecule has 50 heavy (non-hydrogen) atoms. The van der Waals surface area contributed by atoms with Gasteiger partial charge in [0.15, 0.2) is 23.1 Å². The van der Waals surface area contributed by atoms with E-state index in [0.717, 1.165) is 31.5 Å². The van der Waals surface area contributed by atoms with Gasteiger partial charge < -0.3 is 18.4 Å². The van der Waals surface area contributed by atoms with Gasteiger partial charge in [0.25, 0.3) is 0 Å². The Morgan fingerprint density at radius 2 is 1.24 bits per heavy atom. The molecule has 0 fully saturated rings. The second-order valence-corrected chi connectivity index (χ2v) is 15.8. The van der Waals surface area contributed by atoms with Crippen LogP contribution in [-0.2, 0) is 27.7 Å². The molecule has 9 nitrogen and oxygen atoms in total. The number of alkyl halides is 3. The summed E-state index contributed by atoms with van der Waals surface area (Å²) >= 11 is 0. The SMILES string of the molecule is CCCN([C@H]1COc2c(F)ccc(C(=O)OC)c2C1)C(C)(C)C.CCCN([C@H]1COc2c(F)ccc(OS(=O)(=O)C(F)(F)F)c2C1)C(C)(C)C. The zero-order valence-electron chi connectivity index (χ0n) is 30.2. The molecular formula is C35H49F5N2O7S. The molecule has 0 spiro atoms. The van der Waals surface area contributed by atoms with E-state index in [9.17, 15) is 35.2 Å². The zero-order chi connectivity index (χ0) is 37.8. The summed E-state index contributed by atoms with van der Waals surface area (Å²) in [5.41, 5.74) is -4.90. The highest BCUT2D eigenvalue weighted by Gasteiger charge is 2.49. The number of hydrogen-bond acceptors (Lipinski definition) is 9. The molecular weight excluding hydrogens is 687 g/mol. The van der Waals surface area contributed by atoms with E-state index >= 15 is 0 Å². The van der Waals surface area contributed by atoms with Crippen LogP contribution < -0.4 is 13.7 Å². The summed E-state index contributed by atoms with van der Waals surface area (Å²) in [5, 5.41) is 0. The fraction of sp³-hybridized carbons (Fsp3) is 0.629. The van der Waals surface area contributed by atoms with Crippen LogP contribution in [0.3, 0.4) is 0 Å². The highest BCUT2D eigenvalue weighted by Crippen LogP contribution is 2.40. The van der Waals surface area contributed by atoms with Crippen molar-refractivity contribution in [3.05, 3.63) is 52.6 Å². The molecule has 0 aliphatic carbocycles. The van der Waals surface area contributed by atoms with Gasteiger partial charge in [-0.05, 0) is 105 Å². The van der Waals surface area contributed by atoms with Gasteiger partial charge in [0.05, 0.1) is 12.7 Å². The lowest BCUT2D eigenvalue weighted by molar-refractivity contribution is -0.0500. The maximum Gasteiger partial charge on any atom is 0.534 e. The van der Waals surface area contributed by atoms with Crippen molar-refractivity contribution >= 4 is 16.1 Å². The molecule has 2 aromatic rings. The average Bonchev–Trinajstić information content (AvgIpc) is 3.02. The minimum absolute atomic E-state index is 0.0237. The van der Waals surface area contributed by atoms with E-state index in [1.807, 2.05) is 27.7 Å². The molecule has 2 heterocycles. The molecule has 2 aliphatic rings. The number of fused-ring (bicyclic) bond motifs is 2. The number of nitrogens with zero attached hydrogens (tertiary/aromatic N) is 2. The molecule has 282 valence electrons. The summed E-state index contributed by atoms with van der Waals surface area (Å²) < 4.78 is 109. The number of methoxy groups -OCH3 is 1. The first-order valence-electron chi connectivity index (χ1n) is 16.6. The molecule has 4 rings (SSSR count). The van der Waals surface area contributed by atoms with E-state index in [4.69, 9.17) is 14.2 Å². The Labute approximate surface area is 292 Å². The fourth-order valence-corrected chi connectivity index (χ4v) is 6.88. The van der Waals surface area contributed by atoms with Crippen molar-refractivity contribution in [1.82, 2.24) is 9.80 Å². The van der Waals surface area contributed by atoms with Crippen LogP contribution >= 0.6 is 0 Å². The number of halogens is 5. The third-order valence-electron chi connectivity index (χ3n) is 8.52. The first kappa shape index (κ1) is 41.3. The van der Waals surface area contributed by atoms with Gasteiger partial charge in [-0.3, -0.25) is 9.80 Å². The highest BCUT2D eigenvalue weighted by atomic mass is 32.2. The smallest absolute Gasteiger partial charge is 0.489 e. The summed E-state index contributed by atoms with van der Waals surface area (Å²) in [6.45, 7) is 18.7. The van der Waals surface area contributed by atoms with Gasteiger partial charge in [-0.1, -0.05) is 13.8 Å². The second kappa shape index (κ2) is 16.0. The summed E-state index contributed by atoms with van der Waals surface area (Å²) in [4.78, 5) is 16.4. The number of hydrogen-bond donors (Lipinski definition) is 0. The maximum atomic E-state index is 14.1. The Morgan fingerprint density at radius 3 is 1.66 bits per heavy atom. The lowest BCUT2D eigenvalue weighted by atomic mass is 9.93.